The van der Waals surface area contributed by atoms with Crippen molar-refractivity contribution in [3.05, 3.63) is 66.4 Å². The molecule has 0 unspecified atom stereocenters. The first kappa shape index (κ1) is 22.2. The number of benzene rings is 1. The van der Waals surface area contributed by atoms with Crippen molar-refractivity contribution in [2.45, 2.75) is 33.2 Å². The molecule has 5 rings (SSSR count). The molecule has 1 fully saturated rings. The first-order valence-corrected chi connectivity index (χ1v) is 11.6. The van der Waals surface area contributed by atoms with Crippen molar-refractivity contribution >= 4 is 22.9 Å². The van der Waals surface area contributed by atoms with Gasteiger partial charge in [0.2, 0.25) is 0 Å². The standard InChI is InChI=1S/C26H30N6O2/c1-18-5-6-20(28-25(33)22-7-9-32(29-22)26(2,3)4)16-21(18)19-15-23(30-11-13-34-14-12-30)24-27-8-10-31(24)17-19/h5-10,15-17H,11-14H2,1-4H3,(H,28,33). The van der Waals surface area contributed by atoms with Crippen molar-refractivity contribution in [2.75, 3.05) is 36.5 Å². The fraction of sp³-hybridized carbons (Fsp3) is 0.346. The van der Waals surface area contributed by atoms with Crippen molar-refractivity contribution in [2.24, 2.45) is 0 Å². The monoisotopic (exact) mass is 458 g/mol. The number of ether oxygens (including phenoxy) is 1. The zero-order valence-corrected chi connectivity index (χ0v) is 20.1. The Balaban J connectivity index is 1.47. The highest BCUT2D eigenvalue weighted by Crippen LogP contribution is 2.32. The molecule has 8 nitrogen and oxygen atoms in total. The lowest BCUT2D eigenvalue weighted by Gasteiger charge is -2.29. The number of amides is 1. The molecule has 0 bridgehead atoms. The van der Waals surface area contributed by atoms with E-state index in [4.69, 9.17) is 4.74 Å². The van der Waals surface area contributed by atoms with Crippen molar-refractivity contribution in [3.63, 3.8) is 0 Å². The average Bonchev–Trinajstić information content (AvgIpc) is 3.50. The van der Waals surface area contributed by atoms with Gasteiger partial charge in [0, 0.05) is 49.1 Å². The number of nitrogens with one attached hydrogen (secondary N) is 1. The topological polar surface area (TPSA) is 76.7 Å². The smallest absolute Gasteiger partial charge is 0.276 e. The number of carbonyl (C=O) groups is 1. The second-order valence-electron chi connectivity index (χ2n) is 9.67. The number of aromatic nitrogens is 4. The number of fused-ring (bicyclic) bond motifs is 1. The Morgan fingerprint density at radius 3 is 2.62 bits per heavy atom. The molecule has 0 aliphatic carbocycles. The second kappa shape index (κ2) is 8.61. The number of pyridine rings is 1. The van der Waals surface area contributed by atoms with Crippen molar-refractivity contribution in [1.29, 1.82) is 0 Å². The molecule has 0 radical (unpaired) electrons. The molecule has 1 aliphatic heterocycles. The van der Waals surface area contributed by atoms with Crippen LogP contribution in [0.4, 0.5) is 11.4 Å². The predicted octanol–water partition coefficient (Wildman–Crippen LogP) is 4.35. The van der Waals surface area contributed by atoms with Crippen LogP contribution in [-0.4, -0.2) is 51.4 Å². The summed E-state index contributed by atoms with van der Waals surface area (Å²) in [6.07, 6.45) is 7.72. The molecule has 4 aromatic rings. The number of hydrogen-bond donors (Lipinski definition) is 1. The highest BCUT2D eigenvalue weighted by atomic mass is 16.5. The molecular formula is C26H30N6O2. The van der Waals surface area contributed by atoms with Gasteiger partial charge in [-0.3, -0.25) is 9.48 Å². The van der Waals surface area contributed by atoms with Crippen molar-refractivity contribution in [1.82, 2.24) is 19.2 Å². The highest BCUT2D eigenvalue weighted by Gasteiger charge is 2.19. The summed E-state index contributed by atoms with van der Waals surface area (Å²) in [5.41, 5.74) is 6.22. The van der Waals surface area contributed by atoms with E-state index in [1.807, 2.05) is 36.8 Å². The number of anilines is 2. The number of carbonyl (C=O) groups excluding carboxylic acids is 1. The quantitative estimate of drug-likeness (QED) is 0.492. The van der Waals surface area contributed by atoms with Gasteiger partial charge < -0.3 is 19.4 Å². The summed E-state index contributed by atoms with van der Waals surface area (Å²) in [5.74, 6) is -0.225. The van der Waals surface area contributed by atoms with E-state index in [1.54, 1.807) is 10.7 Å². The van der Waals surface area contributed by atoms with E-state index in [9.17, 15) is 4.79 Å². The van der Waals surface area contributed by atoms with E-state index in [1.165, 1.54) is 0 Å². The van der Waals surface area contributed by atoms with E-state index in [2.05, 4.69) is 64.7 Å². The molecule has 1 amide bonds. The van der Waals surface area contributed by atoms with E-state index >= 15 is 0 Å². The van der Waals surface area contributed by atoms with Crippen LogP contribution in [0.15, 0.2) is 55.1 Å². The van der Waals surface area contributed by atoms with Gasteiger partial charge in [0.05, 0.1) is 24.4 Å². The van der Waals surface area contributed by atoms with E-state index in [-0.39, 0.29) is 11.4 Å². The third-order valence-electron chi connectivity index (χ3n) is 6.14. The molecule has 4 heterocycles. The third kappa shape index (κ3) is 4.28. The Bertz CT molecular complexity index is 1340. The molecule has 1 aliphatic rings. The molecule has 1 N–H and O–H groups in total. The summed E-state index contributed by atoms with van der Waals surface area (Å²) in [6, 6.07) is 9.92. The predicted molar refractivity (Wildman–Crippen MR) is 134 cm³/mol. The number of morpholine rings is 1. The minimum atomic E-state index is -0.225. The summed E-state index contributed by atoms with van der Waals surface area (Å²) >= 11 is 0. The van der Waals surface area contributed by atoms with Gasteiger partial charge in [0.25, 0.3) is 5.91 Å². The SMILES string of the molecule is Cc1ccc(NC(=O)c2ccn(C(C)(C)C)n2)cc1-c1cc(N2CCOCC2)c2nccn2c1. The lowest BCUT2D eigenvalue weighted by Crippen LogP contribution is -2.36. The van der Waals surface area contributed by atoms with Crippen molar-refractivity contribution in [3.8, 4) is 11.1 Å². The Morgan fingerprint density at radius 1 is 1.09 bits per heavy atom. The molecule has 176 valence electrons. The third-order valence-corrected chi connectivity index (χ3v) is 6.14. The minimum Gasteiger partial charge on any atom is -0.378 e. The Hall–Kier alpha value is -3.65. The number of imidazole rings is 1. The number of hydrogen-bond acceptors (Lipinski definition) is 5. The second-order valence-corrected chi connectivity index (χ2v) is 9.67. The number of aryl methyl sites for hydroxylation is 1. The molecule has 3 aromatic heterocycles. The van der Waals surface area contributed by atoms with Crippen LogP contribution >= 0.6 is 0 Å². The fourth-order valence-corrected chi connectivity index (χ4v) is 4.22. The fourth-order valence-electron chi connectivity index (χ4n) is 4.22. The van der Waals surface area contributed by atoms with Gasteiger partial charge >= 0.3 is 0 Å². The molecule has 0 atom stereocenters. The van der Waals surface area contributed by atoms with E-state index in [0.29, 0.717) is 18.9 Å². The van der Waals surface area contributed by atoms with Crippen LogP contribution in [0.1, 0.15) is 36.8 Å². The van der Waals surface area contributed by atoms with Gasteiger partial charge in [-0.05, 0) is 63.1 Å². The van der Waals surface area contributed by atoms with Gasteiger partial charge in [-0.2, -0.15) is 5.10 Å². The van der Waals surface area contributed by atoms with Gasteiger partial charge in [-0.1, -0.05) is 6.07 Å². The molecular weight excluding hydrogens is 428 g/mol. The summed E-state index contributed by atoms with van der Waals surface area (Å²) in [7, 11) is 0. The van der Waals surface area contributed by atoms with Crippen LogP contribution in [-0.2, 0) is 10.3 Å². The molecule has 1 aromatic carbocycles. The molecule has 34 heavy (non-hydrogen) atoms. The first-order valence-electron chi connectivity index (χ1n) is 11.6. The van der Waals surface area contributed by atoms with Gasteiger partial charge in [0.1, 0.15) is 0 Å². The Morgan fingerprint density at radius 2 is 1.88 bits per heavy atom. The lowest BCUT2D eigenvalue weighted by molar-refractivity contribution is 0.102. The maximum absolute atomic E-state index is 12.9. The number of rotatable bonds is 4. The number of nitrogens with zero attached hydrogens (tertiary/aromatic N) is 5. The highest BCUT2D eigenvalue weighted by molar-refractivity contribution is 6.03. The normalized spacial score (nSPS) is 14.5. The van der Waals surface area contributed by atoms with Crippen LogP contribution in [0.5, 0.6) is 0 Å². The molecule has 8 heteroatoms. The van der Waals surface area contributed by atoms with E-state index in [0.717, 1.165) is 46.8 Å². The van der Waals surface area contributed by atoms with Gasteiger partial charge in [-0.25, -0.2) is 4.98 Å². The van der Waals surface area contributed by atoms with Crippen LogP contribution < -0.4 is 10.2 Å². The van der Waals surface area contributed by atoms with Crippen LogP contribution in [0, 0.1) is 6.92 Å². The van der Waals surface area contributed by atoms with Crippen molar-refractivity contribution < 1.29 is 9.53 Å². The summed E-state index contributed by atoms with van der Waals surface area (Å²) in [6.45, 7) is 11.3. The Kier molecular flexibility index (Phi) is 5.61. The molecule has 0 spiro atoms. The zero-order chi connectivity index (χ0) is 23.9. The summed E-state index contributed by atoms with van der Waals surface area (Å²) < 4.78 is 9.40. The van der Waals surface area contributed by atoms with Crippen LogP contribution in [0.2, 0.25) is 0 Å². The van der Waals surface area contributed by atoms with Crippen LogP contribution in [0.3, 0.4) is 0 Å². The largest absolute Gasteiger partial charge is 0.378 e. The molecule has 1 saturated heterocycles. The average molecular weight is 459 g/mol. The first-order chi connectivity index (χ1) is 16.3. The zero-order valence-electron chi connectivity index (χ0n) is 20.1. The van der Waals surface area contributed by atoms with Gasteiger partial charge in [-0.15, -0.1) is 0 Å². The maximum atomic E-state index is 12.9. The Labute approximate surface area is 199 Å². The maximum Gasteiger partial charge on any atom is 0.276 e. The summed E-state index contributed by atoms with van der Waals surface area (Å²) in [4.78, 5) is 19.8. The minimum absolute atomic E-state index is 0.181. The summed E-state index contributed by atoms with van der Waals surface area (Å²) in [5, 5.41) is 7.46. The molecule has 0 saturated carbocycles. The lowest BCUT2D eigenvalue weighted by atomic mass is 10.0. The van der Waals surface area contributed by atoms with Crippen LogP contribution in [0.25, 0.3) is 16.8 Å². The van der Waals surface area contributed by atoms with Gasteiger partial charge in [0.15, 0.2) is 11.3 Å². The van der Waals surface area contributed by atoms with E-state index < -0.39 is 0 Å².